The third-order valence-electron chi connectivity index (χ3n) is 3.42. The quantitative estimate of drug-likeness (QED) is 0.802. The van der Waals surface area contributed by atoms with Crippen LogP contribution in [0.2, 0.25) is 0 Å². The van der Waals surface area contributed by atoms with Gasteiger partial charge < -0.3 is 5.11 Å². The summed E-state index contributed by atoms with van der Waals surface area (Å²) in [5, 5.41) is 9.05. The summed E-state index contributed by atoms with van der Waals surface area (Å²) < 4.78 is 27.9. The molecular weight excluding hydrogens is 378 g/mol. The van der Waals surface area contributed by atoms with Gasteiger partial charge in [-0.3, -0.25) is 0 Å². The number of thioether (sulfide) groups is 1. The number of sulfonamides is 1. The molecule has 0 saturated carbocycles. The van der Waals surface area contributed by atoms with E-state index >= 15 is 0 Å². The lowest BCUT2D eigenvalue weighted by molar-refractivity contribution is 0.0696. The first-order chi connectivity index (χ1) is 9.81. The lowest BCUT2D eigenvalue weighted by Gasteiger charge is -2.14. The molecule has 0 bridgehead atoms. The van der Waals surface area contributed by atoms with Crippen molar-refractivity contribution in [1.82, 2.24) is 4.72 Å². The highest BCUT2D eigenvalue weighted by Crippen LogP contribution is 2.27. The molecule has 0 aliphatic carbocycles. The van der Waals surface area contributed by atoms with Crippen molar-refractivity contribution in [3.8, 4) is 0 Å². The van der Waals surface area contributed by atoms with Crippen LogP contribution in [0.4, 0.5) is 0 Å². The Bertz CT molecular complexity index is 654. The zero-order valence-electron chi connectivity index (χ0n) is 11.4. The van der Waals surface area contributed by atoms with Gasteiger partial charge in [-0.25, -0.2) is 17.9 Å². The van der Waals surface area contributed by atoms with Gasteiger partial charge in [-0.2, -0.15) is 11.8 Å². The molecule has 1 atom stereocenters. The van der Waals surface area contributed by atoms with Gasteiger partial charge in [0.15, 0.2) is 0 Å². The Morgan fingerprint density at radius 1 is 1.52 bits per heavy atom. The Labute approximate surface area is 136 Å². The molecule has 0 amide bonds. The van der Waals surface area contributed by atoms with Gasteiger partial charge >= 0.3 is 5.97 Å². The molecule has 0 spiro atoms. The summed E-state index contributed by atoms with van der Waals surface area (Å²) in [5.74, 6) is 1.21. The predicted octanol–water partition coefficient (Wildman–Crippen LogP) is 2.49. The summed E-state index contributed by atoms with van der Waals surface area (Å²) in [6, 6.07) is 2.61. The molecule has 116 valence electrons. The molecule has 1 unspecified atom stereocenters. The van der Waals surface area contributed by atoms with E-state index in [9.17, 15) is 13.2 Å². The molecule has 1 aromatic carbocycles. The Hall–Kier alpha value is -0.570. The van der Waals surface area contributed by atoms with Gasteiger partial charge in [-0.15, -0.1) is 0 Å². The fraction of sp³-hybridized carbons (Fsp3) is 0.462. The van der Waals surface area contributed by atoms with Crippen LogP contribution in [0.1, 0.15) is 22.3 Å². The minimum Gasteiger partial charge on any atom is -0.478 e. The van der Waals surface area contributed by atoms with Gasteiger partial charge in [-0.05, 0) is 48.5 Å². The summed E-state index contributed by atoms with van der Waals surface area (Å²) >= 11 is 5.04. The van der Waals surface area contributed by atoms with E-state index in [0.29, 0.717) is 22.5 Å². The summed E-state index contributed by atoms with van der Waals surface area (Å²) in [4.78, 5) is 11.1. The third-order valence-corrected chi connectivity index (χ3v) is 7.02. The Morgan fingerprint density at radius 3 is 2.81 bits per heavy atom. The number of carbonyl (C=O) groups is 1. The summed E-state index contributed by atoms with van der Waals surface area (Å²) in [5.41, 5.74) is 0.456. The van der Waals surface area contributed by atoms with Crippen molar-refractivity contribution in [2.75, 3.05) is 18.1 Å². The van der Waals surface area contributed by atoms with E-state index in [-0.39, 0.29) is 10.5 Å². The molecule has 1 aliphatic rings. The third kappa shape index (κ3) is 4.00. The number of rotatable bonds is 5. The molecule has 1 saturated heterocycles. The fourth-order valence-electron chi connectivity index (χ4n) is 2.11. The molecule has 0 aromatic heterocycles. The summed E-state index contributed by atoms with van der Waals surface area (Å²) in [6.07, 6.45) is 1.00. The second-order valence-electron chi connectivity index (χ2n) is 4.97. The number of hydrogen-bond donors (Lipinski definition) is 2. The van der Waals surface area contributed by atoms with Crippen LogP contribution < -0.4 is 4.72 Å². The van der Waals surface area contributed by atoms with Gasteiger partial charge in [-0.1, -0.05) is 15.9 Å². The van der Waals surface area contributed by atoms with Crippen LogP contribution in [0.25, 0.3) is 0 Å². The summed E-state index contributed by atoms with van der Waals surface area (Å²) in [7, 11) is -3.71. The van der Waals surface area contributed by atoms with E-state index in [2.05, 4.69) is 20.7 Å². The SMILES string of the molecule is Cc1c(Br)cc(C(=O)O)cc1S(=O)(=O)NCC1CCSC1. The molecule has 1 aliphatic heterocycles. The number of halogens is 1. The number of carboxylic acid groups (broad SMARTS) is 1. The standard InChI is InChI=1S/C13H16BrNO4S2/c1-8-11(14)4-10(13(16)17)5-12(8)21(18,19)15-6-9-2-3-20-7-9/h4-5,9,15H,2-3,6-7H2,1H3,(H,16,17). The minimum atomic E-state index is -3.71. The first-order valence-corrected chi connectivity index (χ1v) is 9.85. The maximum atomic E-state index is 12.4. The Kier molecular flexibility index (Phi) is 5.34. The van der Waals surface area contributed by atoms with Gasteiger partial charge in [0.05, 0.1) is 10.5 Å². The molecule has 2 rings (SSSR count). The van der Waals surface area contributed by atoms with Crippen molar-refractivity contribution in [3.05, 3.63) is 27.7 Å². The summed E-state index contributed by atoms with van der Waals surface area (Å²) in [6.45, 7) is 2.04. The van der Waals surface area contributed by atoms with E-state index in [0.717, 1.165) is 17.9 Å². The first-order valence-electron chi connectivity index (χ1n) is 6.42. The highest BCUT2D eigenvalue weighted by Gasteiger charge is 2.23. The average molecular weight is 394 g/mol. The number of hydrogen-bond acceptors (Lipinski definition) is 4. The van der Waals surface area contributed by atoms with Crippen LogP contribution >= 0.6 is 27.7 Å². The Balaban J connectivity index is 2.27. The normalized spacial score (nSPS) is 18.9. The van der Waals surface area contributed by atoms with Crippen LogP contribution in [-0.4, -0.2) is 37.5 Å². The molecule has 21 heavy (non-hydrogen) atoms. The van der Waals surface area contributed by atoms with E-state index in [1.165, 1.54) is 12.1 Å². The van der Waals surface area contributed by atoms with E-state index in [1.54, 1.807) is 6.92 Å². The van der Waals surface area contributed by atoms with Crippen molar-refractivity contribution >= 4 is 43.7 Å². The molecule has 2 N–H and O–H groups in total. The number of benzene rings is 1. The molecule has 0 radical (unpaired) electrons. The highest BCUT2D eigenvalue weighted by molar-refractivity contribution is 9.10. The van der Waals surface area contributed by atoms with Crippen LogP contribution in [0.3, 0.4) is 0 Å². The maximum absolute atomic E-state index is 12.4. The largest absolute Gasteiger partial charge is 0.478 e. The van der Waals surface area contributed by atoms with Crippen molar-refractivity contribution in [2.45, 2.75) is 18.2 Å². The van der Waals surface area contributed by atoms with Crippen LogP contribution in [0.5, 0.6) is 0 Å². The maximum Gasteiger partial charge on any atom is 0.335 e. The second kappa shape index (κ2) is 6.68. The Morgan fingerprint density at radius 2 is 2.24 bits per heavy atom. The van der Waals surface area contributed by atoms with Gasteiger partial charge in [0, 0.05) is 11.0 Å². The zero-order chi connectivity index (χ0) is 15.6. The van der Waals surface area contributed by atoms with Crippen molar-refractivity contribution < 1.29 is 18.3 Å². The second-order valence-corrected chi connectivity index (χ2v) is 8.71. The van der Waals surface area contributed by atoms with E-state index < -0.39 is 16.0 Å². The van der Waals surface area contributed by atoms with E-state index in [4.69, 9.17) is 5.11 Å². The van der Waals surface area contributed by atoms with Crippen LogP contribution in [-0.2, 0) is 10.0 Å². The number of nitrogens with one attached hydrogen (secondary N) is 1. The van der Waals surface area contributed by atoms with Crippen LogP contribution in [0.15, 0.2) is 21.5 Å². The van der Waals surface area contributed by atoms with Gasteiger partial charge in [0.1, 0.15) is 0 Å². The van der Waals surface area contributed by atoms with Gasteiger partial charge in [0.25, 0.3) is 0 Å². The fourth-order valence-corrected chi connectivity index (χ4v) is 5.39. The molecule has 1 aromatic rings. The molecular formula is C13H16BrNO4S2. The highest BCUT2D eigenvalue weighted by atomic mass is 79.9. The monoisotopic (exact) mass is 393 g/mol. The van der Waals surface area contributed by atoms with Gasteiger partial charge in [0.2, 0.25) is 10.0 Å². The first kappa shape index (κ1) is 16.8. The molecule has 5 nitrogen and oxygen atoms in total. The van der Waals surface area contributed by atoms with Crippen molar-refractivity contribution in [2.24, 2.45) is 5.92 Å². The van der Waals surface area contributed by atoms with Crippen molar-refractivity contribution in [1.29, 1.82) is 0 Å². The molecule has 8 heteroatoms. The number of carboxylic acids is 1. The van der Waals surface area contributed by atoms with E-state index in [1.807, 2.05) is 11.8 Å². The molecule has 1 heterocycles. The van der Waals surface area contributed by atoms with Crippen LogP contribution in [0, 0.1) is 12.8 Å². The lowest BCUT2D eigenvalue weighted by atomic mass is 10.1. The number of aromatic carboxylic acids is 1. The average Bonchev–Trinajstić information content (AvgIpc) is 2.92. The topological polar surface area (TPSA) is 83.5 Å². The smallest absolute Gasteiger partial charge is 0.335 e. The minimum absolute atomic E-state index is 0.0138. The lowest BCUT2D eigenvalue weighted by Crippen LogP contribution is -2.30. The van der Waals surface area contributed by atoms with Crippen molar-refractivity contribution in [3.63, 3.8) is 0 Å². The predicted molar refractivity (Wildman–Crippen MR) is 86.5 cm³/mol. The molecule has 1 fully saturated rings. The zero-order valence-corrected chi connectivity index (χ0v) is 14.6.